The number of hydrogen-bond acceptors (Lipinski definition) is 3. The zero-order valence-electron chi connectivity index (χ0n) is 9.20. The molecule has 1 heterocycles. The Morgan fingerprint density at radius 2 is 2.21 bits per heavy atom. The summed E-state index contributed by atoms with van der Waals surface area (Å²) < 4.78 is 0. The van der Waals surface area contributed by atoms with Crippen LogP contribution in [0.3, 0.4) is 0 Å². The summed E-state index contributed by atoms with van der Waals surface area (Å²) in [5.41, 5.74) is -0.620. The molecule has 3 heteroatoms. The molecule has 0 saturated carbocycles. The number of aldehydes is 1. The third-order valence-electron chi connectivity index (χ3n) is 2.83. The molecule has 0 aliphatic carbocycles. The van der Waals surface area contributed by atoms with Crippen LogP contribution in [0.1, 0.15) is 39.5 Å². The van der Waals surface area contributed by atoms with Gasteiger partial charge in [-0.3, -0.25) is 4.90 Å². The van der Waals surface area contributed by atoms with E-state index in [1.807, 2.05) is 13.8 Å². The minimum atomic E-state index is -0.620. The number of carbonyl (C=O) groups is 1. The van der Waals surface area contributed by atoms with Crippen molar-refractivity contribution in [3.05, 3.63) is 0 Å². The van der Waals surface area contributed by atoms with Crippen molar-refractivity contribution in [2.24, 2.45) is 0 Å². The van der Waals surface area contributed by atoms with Crippen molar-refractivity contribution in [1.29, 1.82) is 0 Å². The molecular weight excluding hydrogens is 178 g/mol. The number of likely N-dealkylation sites (tertiary alicyclic amines) is 1. The predicted octanol–water partition coefficient (Wildman–Crippen LogP) is 1.20. The molecule has 1 unspecified atom stereocenters. The molecule has 0 radical (unpaired) electrons. The smallest absolute Gasteiger partial charge is 0.137 e. The summed E-state index contributed by atoms with van der Waals surface area (Å²) in [7, 11) is 0. The van der Waals surface area contributed by atoms with Crippen molar-refractivity contribution in [3.63, 3.8) is 0 Å². The molecule has 1 rings (SSSR count). The first kappa shape index (κ1) is 11.7. The number of hydrogen-bond donors (Lipinski definition) is 1. The second-order valence-electron chi connectivity index (χ2n) is 4.80. The van der Waals surface area contributed by atoms with Gasteiger partial charge in [-0.15, -0.1) is 0 Å². The lowest BCUT2D eigenvalue weighted by Gasteiger charge is -2.33. The topological polar surface area (TPSA) is 40.5 Å². The van der Waals surface area contributed by atoms with Gasteiger partial charge in [-0.25, -0.2) is 0 Å². The van der Waals surface area contributed by atoms with Crippen LogP contribution in [0, 0.1) is 0 Å². The molecule has 1 N–H and O–H groups in total. The second kappa shape index (κ2) is 4.89. The van der Waals surface area contributed by atoms with Crippen LogP contribution in [0.5, 0.6) is 0 Å². The fourth-order valence-electron chi connectivity index (χ4n) is 1.87. The Balaban J connectivity index is 2.37. The lowest BCUT2D eigenvalue weighted by Crippen LogP contribution is -2.42. The van der Waals surface area contributed by atoms with Crippen LogP contribution in [0.4, 0.5) is 0 Å². The van der Waals surface area contributed by atoms with Gasteiger partial charge in [-0.05, 0) is 39.7 Å². The van der Waals surface area contributed by atoms with Crippen molar-refractivity contribution in [1.82, 2.24) is 4.90 Å². The molecular formula is C11H21NO2. The summed E-state index contributed by atoms with van der Waals surface area (Å²) in [6.45, 7) is 5.45. The molecule has 0 amide bonds. The molecule has 0 aromatic heterocycles. The lowest BCUT2D eigenvalue weighted by atomic mass is 10.00. The third kappa shape index (κ3) is 3.76. The number of aliphatic hydroxyl groups is 1. The van der Waals surface area contributed by atoms with E-state index in [0.29, 0.717) is 0 Å². The van der Waals surface area contributed by atoms with Crippen molar-refractivity contribution < 1.29 is 9.90 Å². The van der Waals surface area contributed by atoms with E-state index >= 15 is 0 Å². The Hall–Kier alpha value is -0.410. The molecule has 0 aromatic rings. The summed E-state index contributed by atoms with van der Waals surface area (Å²) in [4.78, 5) is 13.0. The monoisotopic (exact) mass is 199 g/mol. The maximum absolute atomic E-state index is 10.8. The minimum Gasteiger partial charge on any atom is -0.390 e. The Kier molecular flexibility index (Phi) is 4.08. The van der Waals surface area contributed by atoms with E-state index in [0.717, 1.165) is 38.6 Å². The summed E-state index contributed by atoms with van der Waals surface area (Å²) in [6.07, 6.45) is 5.09. The van der Waals surface area contributed by atoms with Crippen molar-refractivity contribution in [2.45, 2.75) is 51.2 Å². The molecule has 1 atom stereocenters. The minimum absolute atomic E-state index is 0.0890. The Morgan fingerprint density at radius 1 is 1.50 bits per heavy atom. The summed E-state index contributed by atoms with van der Waals surface area (Å²) in [5.74, 6) is 0. The van der Waals surface area contributed by atoms with Crippen LogP contribution in [0.15, 0.2) is 0 Å². The van der Waals surface area contributed by atoms with Crippen molar-refractivity contribution in [3.8, 4) is 0 Å². The van der Waals surface area contributed by atoms with E-state index in [1.165, 1.54) is 6.42 Å². The van der Waals surface area contributed by atoms with Crippen LogP contribution >= 0.6 is 0 Å². The fourth-order valence-corrected chi connectivity index (χ4v) is 1.87. The largest absolute Gasteiger partial charge is 0.390 e. The first-order valence-electron chi connectivity index (χ1n) is 5.45. The van der Waals surface area contributed by atoms with Gasteiger partial charge in [0, 0.05) is 6.54 Å². The first-order valence-corrected chi connectivity index (χ1v) is 5.45. The quantitative estimate of drug-likeness (QED) is 0.692. The predicted molar refractivity (Wildman–Crippen MR) is 56.2 cm³/mol. The molecule has 1 fully saturated rings. The fraction of sp³-hybridized carbons (Fsp3) is 0.909. The van der Waals surface area contributed by atoms with E-state index in [2.05, 4.69) is 4.90 Å². The van der Waals surface area contributed by atoms with Crippen LogP contribution in [0.25, 0.3) is 0 Å². The lowest BCUT2D eigenvalue weighted by molar-refractivity contribution is -0.113. The highest BCUT2D eigenvalue weighted by Crippen LogP contribution is 2.17. The summed E-state index contributed by atoms with van der Waals surface area (Å²) >= 11 is 0. The van der Waals surface area contributed by atoms with Gasteiger partial charge in [0.1, 0.15) is 6.29 Å². The van der Waals surface area contributed by atoms with E-state index in [1.54, 1.807) is 0 Å². The SMILES string of the molecule is CC(C)(O)CCN1CCCCC1C=O. The summed E-state index contributed by atoms with van der Waals surface area (Å²) in [5, 5.41) is 9.59. The molecule has 82 valence electrons. The average Bonchev–Trinajstić information content (AvgIpc) is 2.14. The maximum atomic E-state index is 10.8. The van der Waals surface area contributed by atoms with E-state index in [-0.39, 0.29) is 6.04 Å². The number of piperidine rings is 1. The third-order valence-corrected chi connectivity index (χ3v) is 2.83. The molecule has 1 saturated heterocycles. The molecule has 3 nitrogen and oxygen atoms in total. The van der Waals surface area contributed by atoms with Crippen molar-refractivity contribution >= 4 is 6.29 Å². The molecule has 0 bridgehead atoms. The molecule has 1 aliphatic rings. The number of rotatable bonds is 4. The Bertz CT molecular complexity index is 186. The van der Waals surface area contributed by atoms with Gasteiger partial charge in [-0.2, -0.15) is 0 Å². The van der Waals surface area contributed by atoms with Crippen LogP contribution in [0.2, 0.25) is 0 Å². The Morgan fingerprint density at radius 3 is 2.79 bits per heavy atom. The van der Waals surface area contributed by atoms with E-state index in [9.17, 15) is 9.90 Å². The van der Waals surface area contributed by atoms with Gasteiger partial charge >= 0.3 is 0 Å². The van der Waals surface area contributed by atoms with Crippen molar-refractivity contribution in [2.75, 3.05) is 13.1 Å². The number of carbonyl (C=O) groups excluding carboxylic acids is 1. The maximum Gasteiger partial charge on any atom is 0.137 e. The molecule has 0 aromatic carbocycles. The summed E-state index contributed by atoms with van der Waals surface area (Å²) in [6, 6.07) is 0.0890. The highest BCUT2D eigenvalue weighted by Gasteiger charge is 2.23. The normalized spacial score (nSPS) is 24.9. The van der Waals surface area contributed by atoms with Gasteiger partial charge in [0.05, 0.1) is 11.6 Å². The van der Waals surface area contributed by atoms with Gasteiger partial charge in [-0.1, -0.05) is 6.42 Å². The van der Waals surface area contributed by atoms with Crippen LogP contribution in [-0.4, -0.2) is 41.0 Å². The van der Waals surface area contributed by atoms with E-state index < -0.39 is 5.60 Å². The van der Waals surface area contributed by atoms with E-state index in [4.69, 9.17) is 0 Å². The first-order chi connectivity index (χ1) is 6.53. The highest BCUT2D eigenvalue weighted by molar-refractivity contribution is 5.57. The van der Waals surface area contributed by atoms with Gasteiger partial charge < -0.3 is 9.90 Å². The van der Waals surface area contributed by atoms with Gasteiger partial charge in [0.2, 0.25) is 0 Å². The molecule has 0 spiro atoms. The molecule has 1 aliphatic heterocycles. The standard InChI is InChI=1S/C11H21NO2/c1-11(2,14)6-8-12-7-4-3-5-10(12)9-13/h9-10,14H,3-8H2,1-2H3. The number of nitrogens with zero attached hydrogens (tertiary/aromatic N) is 1. The zero-order chi connectivity index (χ0) is 10.6. The molecule has 14 heavy (non-hydrogen) atoms. The Labute approximate surface area is 86.1 Å². The van der Waals surface area contributed by atoms with Crippen LogP contribution < -0.4 is 0 Å². The second-order valence-corrected chi connectivity index (χ2v) is 4.80. The highest BCUT2D eigenvalue weighted by atomic mass is 16.3. The zero-order valence-corrected chi connectivity index (χ0v) is 9.20. The van der Waals surface area contributed by atoms with Crippen LogP contribution in [-0.2, 0) is 4.79 Å². The van der Waals surface area contributed by atoms with Gasteiger partial charge in [0.25, 0.3) is 0 Å². The average molecular weight is 199 g/mol. The van der Waals surface area contributed by atoms with Gasteiger partial charge in [0.15, 0.2) is 0 Å².